The van der Waals surface area contributed by atoms with E-state index in [1.807, 2.05) is 24.3 Å². The third-order valence-electron chi connectivity index (χ3n) is 5.46. The lowest BCUT2D eigenvalue weighted by atomic mass is 10.1. The number of para-hydroxylation sites is 2. The monoisotopic (exact) mass is 371 g/mol. The van der Waals surface area contributed by atoms with Gasteiger partial charge < -0.3 is 18.6 Å². The molecule has 0 spiro atoms. The van der Waals surface area contributed by atoms with E-state index in [1.54, 1.807) is 7.11 Å². The number of hydrogen-bond acceptors (Lipinski definition) is 5. The molecular formula is C22H29NO4. The van der Waals surface area contributed by atoms with Crippen molar-refractivity contribution >= 4 is 0 Å². The molecule has 0 amide bonds. The lowest BCUT2D eigenvalue weighted by molar-refractivity contribution is 0.000601. The van der Waals surface area contributed by atoms with Crippen LogP contribution < -0.4 is 9.47 Å². The molecule has 0 bridgehead atoms. The number of nitrogens with zero attached hydrogens (tertiary/aromatic N) is 1. The second-order valence-electron chi connectivity index (χ2n) is 7.40. The highest BCUT2D eigenvalue weighted by atomic mass is 16.5. The first-order valence-corrected chi connectivity index (χ1v) is 10.0. The molecule has 2 fully saturated rings. The van der Waals surface area contributed by atoms with Crippen molar-refractivity contribution in [1.29, 1.82) is 0 Å². The molecule has 2 saturated heterocycles. The molecule has 4 rings (SSSR count). The maximum absolute atomic E-state index is 6.17. The quantitative estimate of drug-likeness (QED) is 0.744. The lowest BCUT2D eigenvalue weighted by Crippen LogP contribution is -2.37. The van der Waals surface area contributed by atoms with Gasteiger partial charge >= 0.3 is 0 Å². The third kappa shape index (κ3) is 4.66. The Morgan fingerprint density at radius 2 is 1.81 bits per heavy atom. The highest BCUT2D eigenvalue weighted by Crippen LogP contribution is 2.31. The van der Waals surface area contributed by atoms with Crippen molar-refractivity contribution in [1.82, 2.24) is 4.90 Å². The van der Waals surface area contributed by atoms with Gasteiger partial charge in [0.2, 0.25) is 0 Å². The molecule has 2 aromatic rings. The molecule has 27 heavy (non-hydrogen) atoms. The second kappa shape index (κ2) is 8.81. The van der Waals surface area contributed by atoms with Gasteiger partial charge in [-0.1, -0.05) is 12.1 Å². The molecule has 1 aromatic carbocycles. The van der Waals surface area contributed by atoms with E-state index in [1.165, 1.54) is 6.42 Å². The summed E-state index contributed by atoms with van der Waals surface area (Å²) in [5.41, 5.74) is 0. The summed E-state index contributed by atoms with van der Waals surface area (Å²) in [5, 5.41) is 0. The van der Waals surface area contributed by atoms with E-state index in [4.69, 9.17) is 18.6 Å². The largest absolute Gasteiger partial charge is 0.493 e. The molecule has 5 nitrogen and oxygen atoms in total. The molecule has 146 valence electrons. The molecule has 5 heteroatoms. The lowest BCUT2D eigenvalue weighted by Gasteiger charge is -2.31. The van der Waals surface area contributed by atoms with E-state index in [-0.39, 0.29) is 12.2 Å². The molecule has 2 aliphatic heterocycles. The van der Waals surface area contributed by atoms with Gasteiger partial charge in [-0.25, -0.2) is 0 Å². The van der Waals surface area contributed by atoms with Crippen LogP contribution in [0.25, 0.3) is 0 Å². The standard InChI is InChI=1S/C22H29NO4/c1-24-19-6-2-3-8-21(19)26-17-11-13-23(14-12-17)16-18-9-10-22(27-18)20-7-4-5-15-25-20/h2-3,6,8-10,17,20H,4-5,7,11-16H2,1H3/t20-/m1/s1. The number of rotatable bonds is 6. The Bertz CT molecular complexity index is 715. The average Bonchev–Trinajstić information content (AvgIpc) is 3.19. The molecule has 0 saturated carbocycles. The molecule has 0 radical (unpaired) electrons. The Labute approximate surface area is 161 Å². The summed E-state index contributed by atoms with van der Waals surface area (Å²) in [7, 11) is 1.68. The predicted octanol–water partition coefficient (Wildman–Crippen LogP) is 4.57. The minimum atomic E-state index is 0.146. The van der Waals surface area contributed by atoms with Crippen LogP contribution in [0, 0.1) is 0 Å². The number of hydrogen-bond donors (Lipinski definition) is 0. The fraction of sp³-hybridized carbons (Fsp3) is 0.545. The molecule has 0 N–H and O–H groups in total. The van der Waals surface area contributed by atoms with Gasteiger partial charge in [-0.15, -0.1) is 0 Å². The van der Waals surface area contributed by atoms with Crippen LogP contribution in [0.5, 0.6) is 11.5 Å². The highest BCUT2D eigenvalue weighted by molar-refractivity contribution is 5.39. The zero-order valence-corrected chi connectivity index (χ0v) is 16.1. The summed E-state index contributed by atoms with van der Waals surface area (Å²) in [6.07, 6.45) is 5.86. The maximum Gasteiger partial charge on any atom is 0.161 e. The normalized spacial score (nSPS) is 21.9. The summed E-state index contributed by atoms with van der Waals surface area (Å²) >= 11 is 0. The molecular weight excluding hydrogens is 342 g/mol. The fourth-order valence-corrected chi connectivity index (χ4v) is 3.92. The zero-order valence-electron chi connectivity index (χ0n) is 16.1. The first kappa shape index (κ1) is 18.4. The Morgan fingerprint density at radius 3 is 2.56 bits per heavy atom. The van der Waals surface area contributed by atoms with E-state index < -0.39 is 0 Å². The summed E-state index contributed by atoms with van der Waals surface area (Å²) in [6, 6.07) is 12.0. The van der Waals surface area contributed by atoms with E-state index in [9.17, 15) is 0 Å². The summed E-state index contributed by atoms with van der Waals surface area (Å²) < 4.78 is 23.4. The average molecular weight is 371 g/mol. The van der Waals surface area contributed by atoms with Gasteiger partial charge in [0.25, 0.3) is 0 Å². The molecule has 3 heterocycles. The van der Waals surface area contributed by atoms with Crippen LogP contribution in [0.1, 0.15) is 49.7 Å². The maximum atomic E-state index is 6.17. The Balaban J connectivity index is 1.26. The van der Waals surface area contributed by atoms with E-state index >= 15 is 0 Å². The number of methoxy groups -OCH3 is 1. The number of piperidine rings is 1. The van der Waals surface area contributed by atoms with Gasteiger partial charge in [0, 0.05) is 19.7 Å². The van der Waals surface area contributed by atoms with E-state index in [2.05, 4.69) is 17.0 Å². The second-order valence-corrected chi connectivity index (χ2v) is 7.40. The van der Waals surface area contributed by atoms with Crippen molar-refractivity contribution in [3.63, 3.8) is 0 Å². The Hall–Kier alpha value is -1.98. The number of furan rings is 1. The first-order valence-electron chi connectivity index (χ1n) is 10.0. The Kier molecular flexibility index (Phi) is 6.00. The molecule has 1 atom stereocenters. The van der Waals surface area contributed by atoms with Crippen LogP contribution in [0.4, 0.5) is 0 Å². The summed E-state index contributed by atoms with van der Waals surface area (Å²) in [5.74, 6) is 3.65. The molecule has 0 unspecified atom stereocenters. The minimum absolute atomic E-state index is 0.146. The SMILES string of the molecule is COc1ccccc1OC1CCN(Cc2ccc([C@H]3CCCCO3)o2)CC1. The van der Waals surface area contributed by atoms with Crippen molar-refractivity contribution in [3.05, 3.63) is 47.9 Å². The van der Waals surface area contributed by atoms with Crippen LogP contribution in [-0.2, 0) is 11.3 Å². The summed E-state index contributed by atoms with van der Waals surface area (Å²) in [6.45, 7) is 3.72. The van der Waals surface area contributed by atoms with E-state index in [0.29, 0.717) is 0 Å². The van der Waals surface area contributed by atoms with Gasteiger partial charge in [0.15, 0.2) is 11.5 Å². The van der Waals surface area contributed by atoms with Gasteiger partial charge in [-0.05, 0) is 56.4 Å². The first-order chi connectivity index (χ1) is 13.3. The van der Waals surface area contributed by atoms with Crippen molar-refractivity contribution < 1.29 is 18.6 Å². The van der Waals surface area contributed by atoms with Crippen molar-refractivity contribution in [2.24, 2.45) is 0 Å². The number of benzene rings is 1. The number of ether oxygens (including phenoxy) is 3. The van der Waals surface area contributed by atoms with Crippen LogP contribution in [0.15, 0.2) is 40.8 Å². The summed E-state index contributed by atoms with van der Waals surface area (Å²) in [4.78, 5) is 2.44. The smallest absolute Gasteiger partial charge is 0.161 e. The predicted molar refractivity (Wildman–Crippen MR) is 103 cm³/mol. The Morgan fingerprint density at radius 1 is 1.00 bits per heavy atom. The number of likely N-dealkylation sites (tertiary alicyclic amines) is 1. The third-order valence-corrected chi connectivity index (χ3v) is 5.46. The van der Waals surface area contributed by atoms with Crippen molar-refractivity contribution in [2.75, 3.05) is 26.8 Å². The van der Waals surface area contributed by atoms with Crippen molar-refractivity contribution in [2.45, 2.75) is 50.9 Å². The van der Waals surface area contributed by atoms with Gasteiger partial charge in [0.1, 0.15) is 23.7 Å². The van der Waals surface area contributed by atoms with E-state index in [0.717, 1.165) is 74.9 Å². The van der Waals surface area contributed by atoms with Crippen LogP contribution in [-0.4, -0.2) is 37.8 Å². The topological polar surface area (TPSA) is 44.1 Å². The molecule has 2 aliphatic rings. The molecule has 0 aliphatic carbocycles. The highest BCUT2D eigenvalue weighted by Gasteiger charge is 2.24. The minimum Gasteiger partial charge on any atom is -0.493 e. The van der Waals surface area contributed by atoms with Crippen LogP contribution >= 0.6 is 0 Å². The zero-order chi connectivity index (χ0) is 18.5. The van der Waals surface area contributed by atoms with Crippen molar-refractivity contribution in [3.8, 4) is 11.5 Å². The van der Waals surface area contributed by atoms with Crippen LogP contribution in [0.2, 0.25) is 0 Å². The molecule has 1 aromatic heterocycles. The van der Waals surface area contributed by atoms with Crippen LogP contribution in [0.3, 0.4) is 0 Å². The van der Waals surface area contributed by atoms with Gasteiger partial charge in [0.05, 0.1) is 13.7 Å². The fourth-order valence-electron chi connectivity index (χ4n) is 3.92. The van der Waals surface area contributed by atoms with Gasteiger partial charge in [-0.3, -0.25) is 4.90 Å². The van der Waals surface area contributed by atoms with Gasteiger partial charge in [-0.2, -0.15) is 0 Å².